The minimum absolute atomic E-state index is 0.0417. The summed E-state index contributed by atoms with van der Waals surface area (Å²) in [7, 11) is 1.68. The molecule has 1 saturated heterocycles. The van der Waals surface area contributed by atoms with E-state index in [-0.39, 0.29) is 5.54 Å². The van der Waals surface area contributed by atoms with Crippen molar-refractivity contribution in [1.82, 2.24) is 0 Å². The summed E-state index contributed by atoms with van der Waals surface area (Å²) in [6.45, 7) is 4.08. The molecule has 0 saturated carbocycles. The maximum atomic E-state index is 6.10. The zero-order valence-corrected chi connectivity index (χ0v) is 9.36. The van der Waals surface area contributed by atoms with E-state index >= 15 is 0 Å². The second-order valence-electron chi connectivity index (χ2n) is 4.52. The molecule has 1 heterocycles. The quantitative estimate of drug-likeness (QED) is 0.799. The lowest BCUT2D eigenvalue weighted by molar-refractivity contribution is 0.415. The van der Waals surface area contributed by atoms with Crippen molar-refractivity contribution in [3.05, 3.63) is 24.3 Å². The summed E-state index contributed by atoms with van der Waals surface area (Å²) in [6.07, 6.45) is 1.05. The van der Waals surface area contributed by atoms with E-state index in [0.717, 1.165) is 25.3 Å². The van der Waals surface area contributed by atoms with Crippen LogP contribution in [0, 0.1) is 0 Å². The maximum absolute atomic E-state index is 6.10. The van der Waals surface area contributed by atoms with Crippen LogP contribution in [0.4, 0.5) is 5.69 Å². The molecule has 82 valence electrons. The summed E-state index contributed by atoms with van der Waals surface area (Å²) in [5, 5.41) is 0. The van der Waals surface area contributed by atoms with E-state index in [4.69, 9.17) is 10.5 Å². The Labute approximate surface area is 90.8 Å². The molecule has 1 fully saturated rings. The van der Waals surface area contributed by atoms with E-state index < -0.39 is 0 Å². The Morgan fingerprint density at radius 3 is 2.47 bits per heavy atom. The van der Waals surface area contributed by atoms with Gasteiger partial charge in [-0.05, 0) is 37.6 Å². The van der Waals surface area contributed by atoms with Crippen LogP contribution in [0.1, 0.15) is 13.3 Å². The number of ether oxygens (including phenoxy) is 1. The van der Waals surface area contributed by atoms with Gasteiger partial charge in [0.05, 0.1) is 7.11 Å². The normalized spacial score (nSPS) is 25.7. The van der Waals surface area contributed by atoms with E-state index in [0.29, 0.717) is 0 Å². The molecule has 1 aliphatic heterocycles. The van der Waals surface area contributed by atoms with Crippen LogP contribution in [0.15, 0.2) is 24.3 Å². The number of methoxy groups -OCH3 is 1. The predicted octanol–water partition coefficient (Wildman–Crippen LogP) is 1.62. The van der Waals surface area contributed by atoms with Gasteiger partial charge >= 0.3 is 0 Å². The zero-order valence-electron chi connectivity index (χ0n) is 9.36. The molecule has 0 bridgehead atoms. The Hall–Kier alpha value is -1.22. The number of rotatable bonds is 2. The number of hydrogen-bond donors (Lipinski definition) is 1. The van der Waals surface area contributed by atoms with Crippen molar-refractivity contribution in [2.75, 3.05) is 25.1 Å². The molecular formula is C12H18N2O. The third-order valence-electron chi connectivity index (χ3n) is 2.94. The summed E-state index contributed by atoms with van der Waals surface area (Å²) >= 11 is 0. The van der Waals surface area contributed by atoms with Crippen molar-refractivity contribution in [3.8, 4) is 5.75 Å². The average Bonchev–Trinajstić information content (AvgIpc) is 2.59. The van der Waals surface area contributed by atoms with Crippen molar-refractivity contribution in [2.24, 2.45) is 5.73 Å². The van der Waals surface area contributed by atoms with Gasteiger partial charge in [0.2, 0.25) is 0 Å². The van der Waals surface area contributed by atoms with Gasteiger partial charge < -0.3 is 15.4 Å². The standard InChI is InChI=1S/C12H18N2O/c1-12(13)7-8-14(9-12)10-3-5-11(15-2)6-4-10/h3-6H,7-9,13H2,1-2H3. The minimum Gasteiger partial charge on any atom is -0.497 e. The Balaban J connectivity index is 2.11. The third kappa shape index (κ3) is 2.23. The molecule has 15 heavy (non-hydrogen) atoms. The van der Waals surface area contributed by atoms with Crippen LogP contribution in [0.3, 0.4) is 0 Å². The van der Waals surface area contributed by atoms with Gasteiger partial charge in [0, 0.05) is 24.3 Å². The van der Waals surface area contributed by atoms with Gasteiger partial charge in [-0.2, -0.15) is 0 Å². The molecule has 1 aliphatic rings. The fraction of sp³-hybridized carbons (Fsp3) is 0.500. The van der Waals surface area contributed by atoms with Crippen LogP contribution in [0.2, 0.25) is 0 Å². The van der Waals surface area contributed by atoms with Crippen LogP contribution >= 0.6 is 0 Å². The molecule has 0 radical (unpaired) electrons. The van der Waals surface area contributed by atoms with Gasteiger partial charge in [-0.25, -0.2) is 0 Å². The number of hydrogen-bond acceptors (Lipinski definition) is 3. The van der Waals surface area contributed by atoms with Crippen molar-refractivity contribution in [3.63, 3.8) is 0 Å². The van der Waals surface area contributed by atoms with Gasteiger partial charge in [-0.3, -0.25) is 0 Å². The van der Waals surface area contributed by atoms with E-state index in [1.807, 2.05) is 12.1 Å². The number of nitrogens with zero attached hydrogens (tertiary/aromatic N) is 1. The number of nitrogens with two attached hydrogens (primary N) is 1. The monoisotopic (exact) mass is 206 g/mol. The molecule has 1 aromatic carbocycles. The molecule has 1 aromatic rings. The van der Waals surface area contributed by atoms with Gasteiger partial charge in [-0.1, -0.05) is 0 Å². The van der Waals surface area contributed by atoms with Crippen molar-refractivity contribution in [1.29, 1.82) is 0 Å². The first-order valence-electron chi connectivity index (χ1n) is 5.29. The lowest BCUT2D eigenvalue weighted by atomic mass is 10.0. The second-order valence-corrected chi connectivity index (χ2v) is 4.52. The Morgan fingerprint density at radius 1 is 1.33 bits per heavy atom. The molecule has 2 rings (SSSR count). The summed E-state index contributed by atoms with van der Waals surface area (Å²) in [5.41, 5.74) is 7.28. The smallest absolute Gasteiger partial charge is 0.119 e. The van der Waals surface area contributed by atoms with Crippen LogP contribution in [-0.2, 0) is 0 Å². The third-order valence-corrected chi connectivity index (χ3v) is 2.94. The molecule has 0 spiro atoms. The number of anilines is 1. The highest BCUT2D eigenvalue weighted by molar-refractivity contribution is 5.50. The van der Waals surface area contributed by atoms with E-state index in [9.17, 15) is 0 Å². The highest BCUT2D eigenvalue weighted by atomic mass is 16.5. The van der Waals surface area contributed by atoms with Crippen molar-refractivity contribution >= 4 is 5.69 Å². The van der Waals surface area contributed by atoms with Gasteiger partial charge in [0.15, 0.2) is 0 Å². The summed E-state index contributed by atoms with van der Waals surface area (Å²) in [5.74, 6) is 0.897. The van der Waals surface area contributed by atoms with Crippen molar-refractivity contribution in [2.45, 2.75) is 18.9 Å². The molecule has 1 unspecified atom stereocenters. The molecule has 1 atom stereocenters. The molecule has 3 nitrogen and oxygen atoms in total. The zero-order chi connectivity index (χ0) is 10.9. The first kappa shape index (κ1) is 10.3. The van der Waals surface area contributed by atoms with Gasteiger partial charge in [0.1, 0.15) is 5.75 Å². The molecule has 0 aliphatic carbocycles. The second kappa shape index (κ2) is 3.74. The number of benzene rings is 1. The van der Waals surface area contributed by atoms with Crippen LogP contribution in [-0.4, -0.2) is 25.7 Å². The first-order chi connectivity index (χ1) is 7.11. The minimum atomic E-state index is -0.0417. The van der Waals surface area contributed by atoms with E-state index in [2.05, 4.69) is 24.0 Å². The van der Waals surface area contributed by atoms with Crippen LogP contribution in [0.5, 0.6) is 5.75 Å². The largest absolute Gasteiger partial charge is 0.497 e. The lowest BCUT2D eigenvalue weighted by Gasteiger charge is -2.21. The van der Waals surface area contributed by atoms with Crippen LogP contribution < -0.4 is 15.4 Å². The molecule has 3 heteroatoms. The molecule has 2 N–H and O–H groups in total. The van der Waals surface area contributed by atoms with Crippen LogP contribution in [0.25, 0.3) is 0 Å². The van der Waals surface area contributed by atoms with Gasteiger partial charge in [-0.15, -0.1) is 0 Å². The Bertz CT molecular complexity index is 332. The summed E-state index contributed by atoms with van der Waals surface area (Å²) in [4.78, 5) is 2.32. The molecular weight excluding hydrogens is 188 g/mol. The molecule has 0 aromatic heterocycles. The SMILES string of the molecule is COc1ccc(N2CCC(C)(N)C2)cc1. The molecule has 0 amide bonds. The highest BCUT2D eigenvalue weighted by Crippen LogP contribution is 2.26. The average molecular weight is 206 g/mol. The predicted molar refractivity (Wildman–Crippen MR) is 62.4 cm³/mol. The highest BCUT2D eigenvalue weighted by Gasteiger charge is 2.29. The van der Waals surface area contributed by atoms with Crippen molar-refractivity contribution < 1.29 is 4.74 Å². The summed E-state index contributed by atoms with van der Waals surface area (Å²) in [6, 6.07) is 8.14. The van der Waals surface area contributed by atoms with E-state index in [1.165, 1.54) is 5.69 Å². The maximum Gasteiger partial charge on any atom is 0.119 e. The topological polar surface area (TPSA) is 38.5 Å². The van der Waals surface area contributed by atoms with Gasteiger partial charge in [0.25, 0.3) is 0 Å². The first-order valence-corrected chi connectivity index (χ1v) is 5.29. The lowest BCUT2D eigenvalue weighted by Crippen LogP contribution is -2.39. The fourth-order valence-corrected chi connectivity index (χ4v) is 2.00. The summed E-state index contributed by atoms with van der Waals surface area (Å²) < 4.78 is 5.13. The fourth-order valence-electron chi connectivity index (χ4n) is 2.00. The Morgan fingerprint density at radius 2 is 2.00 bits per heavy atom. The van der Waals surface area contributed by atoms with E-state index in [1.54, 1.807) is 7.11 Å². The Kier molecular flexibility index (Phi) is 2.57.